The maximum atomic E-state index is 12.3. The maximum Gasteiger partial charge on any atom is 0.252 e. The molecule has 0 aromatic heterocycles. The number of ether oxygens (including phenoxy) is 2. The molecule has 0 aliphatic carbocycles. The van der Waals surface area contributed by atoms with Gasteiger partial charge in [0.05, 0.1) is 10.5 Å². The van der Waals surface area contributed by atoms with Crippen LogP contribution in [0.1, 0.15) is 30.6 Å². The molecule has 0 spiro atoms. The van der Waals surface area contributed by atoms with Gasteiger partial charge < -0.3 is 20.5 Å². The summed E-state index contributed by atoms with van der Waals surface area (Å²) in [6.07, 6.45) is 0.624. The lowest BCUT2D eigenvalue weighted by molar-refractivity contribution is 0.0925. The normalized spacial score (nSPS) is 16.1. The van der Waals surface area contributed by atoms with E-state index < -0.39 is 5.54 Å². The quantitative estimate of drug-likeness (QED) is 0.826. The highest BCUT2D eigenvalue weighted by atomic mass is 32.1. The number of carbonyl (C=O) groups excluding carboxylic acids is 1. The minimum Gasteiger partial charge on any atom is -0.486 e. The largest absolute Gasteiger partial charge is 0.486 e. The van der Waals surface area contributed by atoms with E-state index in [1.807, 2.05) is 13.8 Å². The van der Waals surface area contributed by atoms with E-state index >= 15 is 0 Å². The Morgan fingerprint density at radius 3 is 2.65 bits per heavy atom. The van der Waals surface area contributed by atoms with Crippen molar-refractivity contribution in [1.82, 2.24) is 5.32 Å². The van der Waals surface area contributed by atoms with E-state index in [0.717, 1.165) is 0 Å². The topological polar surface area (TPSA) is 73.6 Å². The van der Waals surface area contributed by atoms with E-state index in [9.17, 15) is 4.79 Å². The third-order valence-corrected chi connectivity index (χ3v) is 3.90. The molecular formula is C14H18N2O3S. The molecule has 1 aliphatic heterocycles. The Morgan fingerprint density at radius 1 is 1.40 bits per heavy atom. The number of rotatable bonds is 4. The van der Waals surface area contributed by atoms with Gasteiger partial charge in [0.15, 0.2) is 11.5 Å². The molecule has 1 atom stereocenters. The third-order valence-electron chi connectivity index (χ3n) is 3.44. The number of nitrogens with one attached hydrogen (secondary N) is 1. The summed E-state index contributed by atoms with van der Waals surface area (Å²) < 4.78 is 10.9. The highest BCUT2D eigenvalue weighted by Gasteiger charge is 2.28. The SMILES string of the molecule is CCC(C)(NC(=O)c1ccc2c(c1)OCCO2)C(N)=S. The summed E-state index contributed by atoms with van der Waals surface area (Å²) in [5.41, 5.74) is 5.49. The van der Waals surface area contributed by atoms with Gasteiger partial charge in [-0.1, -0.05) is 19.1 Å². The Labute approximate surface area is 123 Å². The van der Waals surface area contributed by atoms with Crippen LogP contribution >= 0.6 is 12.2 Å². The van der Waals surface area contributed by atoms with Crippen LogP contribution in [-0.4, -0.2) is 29.6 Å². The first-order valence-corrected chi connectivity index (χ1v) is 6.89. The first-order chi connectivity index (χ1) is 9.46. The van der Waals surface area contributed by atoms with Crippen molar-refractivity contribution in [2.45, 2.75) is 25.8 Å². The summed E-state index contributed by atoms with van der Waals surface area (Å²) >= 11 is 5.01. The summed E-state index contributed by atoms with van der Waals surface area (Å²) in [7, 11) is 0. The van der Waals surface area contributed by atoms with Gasteiger partial charge in [0.2, 0.25) is 0 Å². The zero-order valence-electron chi connectivity index (χ0n) is 11.6. The monoisotopic (exact) mass is 294 g/mol. The number of thiocarbonyl (C=S) groups is 1. The zero-order chi connectivity index (χ0) is 14.8. The van der Waals surface area contributed by atoms with Gasteiger partial charge in [0, 0.05) is 5.56 Å². The lowest BCUT2D eigenvalue weighted by Gasteiger charge is -2.28. The molecule has 5 nitrogen and oxygen atoms in total. The van der Waals surface area contributed by atoms with Crippen LogP contribution < -0.4 is 20.5 Å². The smallest absolute Gasteiger partial charge is 0.252 e. The van der Waals surface area contributed by atoms with Crippen molar-refractivity contribution < 1.29 is 14.3 Å². The maximum absolute atomic E-state index is 12.3. The predicted molar refractivity (Wildman–Crippen MR) is 80.4 cm³/mol. The first kappa shape index (κ1) is 14.6. The number of fused-ring (bicyclic) bond motifs is 1. The van der Waals surface area contributed by atoms with Crippen LogP contribution in [-0.2, 0) is 0 Å². The molecule has 1 aromatic rings. The number of hydrogen-bond donors (Lipinski definition) is 2. The molecule has 6 heteroatoms. The summed E-state index contributed by atoms with van der Waals surface area (Å²) in [6.45, 7) is 4.74. The number of hydrogen-bond acceptors (Lipinski definition) is 4. The molecule has 1 amide bonds. The molecule has 0 bridgehead atoms. The Balaban J connectivity index is 2.19. The minimum absolute atomic E-state index is 0.237. The Kier molecular flexibility index (Phi) is 4.13. The third kappa shape index (κ3) is 2.85. The van der Waals surface area contributed by atoms with E-state index in [1.54, 1.807) is 18.2 Å². The molecular weight excluding hydrogens is 276 g/mol. The van der Waals surface area contributed by atoms with Crippen LogP contribution in [0.4, 0.5) is 0 Å². The van der Waals surface area contributed by atoms with Crippen molar-refractivity contribution in [3.8, 4) is 11.5 Å². The molecule has 20 heavy (non-hydrogen) atoms. The van der Waals surface area contributed by atoms with Crippen molar-refractivity contribution in [3.05, 3.63) is 23.8 Å². The Hall–Kier alpha value is -1.82. The van der Waals surface area contributed by atoms with Crippen LogP contribution in [0.5, 0.6) is 11.5 Å². The van der Waals surface area contributed by atoms with Crippen LogP contribution in [0, 0.1) is 0 Å². The molecule has 0 saturated heterocycles. The highest BCUT2D eigenvalue weighted by Crippen LogP contribution is 2.30. The van der Waals surface area contributed by atoms with Gasteiger partial charge in [0.1, 0.15) is 13.2 Å². The minimum atomic E-state index is -0.695. The van der Waals surface area contributed by atoms with Crippen LogP contribution in [0.25, 0.3) is 0 Å². The van der Waals surface area contributed by atoms with E-state index in [0.29, 0.717) is 36.7 Å². The Bertz CT molecular complexity index is 547. The van der Waals surface area contributed by atoms with Gasteiger partial charge in [-0.15, -0.1) is 0 Å². The lowest BCUT2D eigenvalue weighted by atomic mass is 9.98. The van der Waals surface area contributed by atoms with Crippen molar-refractivity contribution >= 4 is 23.1 Å². The fourth-order valence-electron chi connectivity index (χ4n) is 1.83. The van der Waals surface area contributed by atoms with Gasteiger partial charge in [-0.3, -0.25) is 4.79 Å². The van der Waals surface area contributed by atoms with Crippen molar-refractivity contribution in [2.24, 2.45) is 5.73 Å². The summed E-state index contributed by atoms with van der Waals surface area (Å²) in [5, 5.41) is 2.86. The van der Waals surface area contributed by atoms with E-state index in [4.69, 9.17) is 27.4 Å². The van der Waals surface area contributed by atoms with Crippen molar-refractivity contribution in [1.29, 1.82) is 0 Å². The summed E-state index contributed by atoms with van der Waals surface area (Å²) in [6, 6.07) is 5.09. The van der Waals surface area contributed by atoms with Crippen molar-refractivity contribution in [3.63, 3.8) is 0 Å². The second-order valence-corrected chi connectivity index (χ2v) is 5.30. The van der Waals surface area contributed by atoms with Crippen molar-refractivity contribution in [2.75, 3.05) is 13.2 Å². The van der Waals surface area contributed by atoms with Crippen LogP contribution in [0.3, 0.4) is 0 Å². The molecule has 0 fully saturated rings. The van der Waals surface area contributed by atoms with E-state index in [1.165, 1.54) is 0 Å². The summed E-state index contributed by atoms with van der Waals surface area (Å²) in [5.74, 6) is 0.997. The average molecular weight is 294 g/mol. The lowest BCUT2D eigenvalue weighted by Crippen LogP contribution is -2.54. The highest BCUT2D eigenvalue weighted by molar-refractivity contribution is 7.80. The number of nitrogens with two attached hydrogens (primary N) is 1. The predicted octanol–water partition coefficient (Wildman–Crippen LogP) is 1.64. The molecule has 1 aromatic carbocycles. The molecule has 1 heterocycles. The molecule has 108 valence electrons. The second kappa shape index (κ2) is 5.66. The average Bonchev–Trinajstić information content (AvgIpc) is 2.46. The van der Waals surface area contributed by atoms with Gasteiger partial charge in [-0.2, -0.15) is 0 Å². The standard InChI is InChI=1S/C14H18N2O3S/c1-3-14(2,13(15)20)16-12(17)9-4-5-10-11(8-9)19-7-6-18-10/h4-5,8H,3,6-7H2,1-2H3,(H2,15,20)(H,16,17). The number of benzene rings is 1. The van der Waals surface area contributed by atoms with Gasteiger partial charge in [0.25, 0.3) is 5.91 Å². The summed E-state index contributed by atoms with van der Waals surface area (Å²) in [4.78, 5) is 12.6. The number of amides is 1. The van der Waals surface area contributed by atoms with Gasteiger partial charge in [-0.25, -0.2) is 0 Å². The Morgan fingerprint density at radius 2 is 2.05 bits per heavy atom. The molecule has 0 radical (unpaired) electrons. The molecule has 2 rings (SSSR count). The fourth-order valence-corrected chi connectivity index (χ4v) is 2.03. The zero-order valence-corrected chi connectivity index (χ0v) is 12.4. The fraction of sp³-hybridized carbons (Fsp3) is 0.429. The van der Waals surface area contributed by atoms with E-state index in [-0.39, 0.29) is 10.9 Å². The molecule has 0 saturated carbocycles. The first-order valence-electron chi connectivity index (χ1n) is 6.48. The molecule has 3 N–H and O–H groups in total. The van der Waals surface area contributed by atoms with Crippen LogP contribution in [0.15, 0.2) is 18.2 Å². The van der Waals surface area contributed by atoms with Crippen LogP contribution in [0.2, 0.25) is 0 Å². The van der Waals surface area contributed by atoms with Gasteiger partial charge in [-0.05, 0) is 31.5 Å². The molecule has 1 aliphatic rings. The number of carbonyl (C=O) groups is 1. The van der Waals surface area contributed by atoms with Gasteiger partial charge >= 0.3 is 0 Å². The van der Waals surface area contributed by atoms with E-state index in [2.05, 4.69) is 5.32 Å². The molecule has 1 unspecified atom stereocenters. The second-order valence-electron chi connectivity index (χ2n) is 4.86.